The molecule has 0 aliphatic rings. The fraction of sp³-hybridized carbons (Fsp3) is 0. The topological polar surface area (TPSA) is 90.9 Å². The smallest absolute Gasteiger partial charge is 0.225 e. The van der Waals surface area contributed by atoms with Gasteiger partial charge in [0.1, 0.15) is 11.5 Å². The van der Waals surface area contributed by atoms with E-state index in [9.17, 15) is 12.8 Å². The molecule has 3 aromatic rings. The van der Waals surface area contributed by atoms with E-state index in [4.69, 9.17) is 5.14 Å². The molecule has 3 rings (SSSR count). The summed E-state index contributed by atoms with van der Waals surface area (Å²) < 4.78 is 36.8. The minimum absolute atomic E-state index is 0.0233. The summed E-state index contributed by atoms with van der Waals surface area (Å²) >= 11 is 0. The Bertz CT molecular complexity index is 903. The van der Waals surface area contributed by atoms with Crippen LogP contribution in [0.5, 0.6) is 0 Å². The highest BCUT2D eigenvalue weighted by Crippen LogP contribution is 2.18. The molecule has 0 atom stereocenters. The van der Waals surface area contributed by atoms with Crippen molar-refractivity contribution in [1.82, 2.24) is 15.0 Å². The Hall–Kier alpha value is -2.58. The zero-order valence-corrected chi connectivity index (χ0v) is 12.0. The molecule has 0 saturated carbocycles. The maximum absolute atomic E-state index is 12.9. The van der Waals surface area contributed by atoms with Crippen molar-refractivity contribution in [2.75, 3.05) is 0 Å². The van der Waals surface area contributed by atoms with Gasteiger partial charge in [-0.05, 0) is 48.5 Å². The van der Waals surface area contributed by atoms with Crippen LogP contribution in [0.4, 0.5) is 4.39 Å². The van der Waals surface area contributed by atoms with E-state index in [1.54, 1.807) is 30.5 Å². The van der Waals surface area contributed by atoms with E-state index in [2.05, 4.69) is 10.3 Å². The van der Waals surface area contributed by atoms with Crippen molar-refractivity contribution < 1.29 is 12.8 Å². The van der Waals surface area contributed by atoms with E-state index in [-0.39, 0.29) is 10.7 Å². The number of benzene rings is 2. The first-order valence-electron chi connectivity index (χ1n) is 6.25. The predicted molar refractivity (Wildman–Crippen MR) is 78.1 cm³/mol. The van der Waals surface area contributed by atoms with E-state index in [1.807, 2.05) is 0 Å². The first-order chi connectivity index (χ1) is 10.4. The summed E-state index contributed by atoms with van der Waals surface area (Å²) in [7, 11) is -3.72. The van der Waals surface area contributed by atoms with Gasteiger partial charge in [0, 0.05) is 5.56 Å². The van der Waals surface area contributed by atoms with Crippen LogP contribution in [0.1, 0.15) is 0 Å². The molecule has 0 bridgehead atoms. The molecular weight excluding hydrogens is 307 g/mol. The molecule has 0 radical (unpaired) electrons. The highest BCUT2D eigenvalue weighted by molar-refractivity contribution is 7.89. The lowest BCUT2D eigenvalue weighted by Gasteiger charge is -2.01. The van der Waals surface area contributed by atoms with Crippen LogP contribution in [0.3, 0.4) is 0 Å². The standard InChI is InChI=1S/C14H11FN4O2S/c15-11-3-1-10(2-4-11)14-9-19(18-17-14)12-5-7-13(8-6-12)22(16,20)21/h1-9H,(H2,16,20,21). The predicted octanol–water partition coefficient (Wildman–Crippen LogP) is 1.72. The molecule has 0 fully saturated rings. The van der Waals surface area contributed by atoms with Crippen LogP contribution in [-0.4, -0.2) is 23.4 Å². The highest BCUT2D eigenvalue weighted by atomic mass is 32.2. The molecule has 0 aliphatic heterocycles. The molecule has 2 aromatic carbocycles. The third kappa shape index (κ3) is 2.87. The van der Waals surface area contributed by atoms with Crippen LogP contribution in [0, 0.1) is 5.82 Å². The summed E-state index contributed by atoms with van der Waals surface area (Å²) in [6, 6.07) is 11.8. The van der Waals surface area contributed by atoms with E-state index >= 15 is 0 Å². The largest absolute Gasteiger partial charge is 0.238 e. The SMILES string of the molecule is NS(=O)(=O)c1ccc(-n2cc(-c3ccc(F)cc3)nn2)cc1. The Morgan fingerprint density at radius 1 is 1.00 bits per heavy atom. The molecule has 0 unspecified atom stereocenters. The lowest BCUT2D eigenvalue weighted by atomic mass is 10.2. The van der Waals surface area contributed by atoms with Crippen molar-refractivity contribution >= 4 is 10.0 Å². The van der Waals surface area contributed by atoms with Crippen LogP contribution in [-0.2, 0) is 10.0 Å². The van der Waals surface area contributed by atoms with Crippen molar-refractivity contribution in [1.29, 1.82) is 0 Å². The van der Waals surface area contributed by atoms with Crippen molar-refractivity contribution in [2.24, 2.45) is 5.14 Å². The van der Waals surface area contributed by atoms with Crippen LogP contribution in [0.25, 0.3) is 16.9 Å². The van der Waals surface area contributed by atoms with Gasteiger partial charge < -0.3 is 0 Å². The normalized spacial score (nSPS) is 11.5. The molecular formula is C14H11FN4O2S. The van der Waals surface area contributed by atoms with E-state index < -0.39 is 10.0 Å². The number of halogens is 1. The fourth-order valence-corrected chi connectivity index (χ4v) is 2.45. The number of nitrogens with zero attached hydrogens (tertiary/aromatic N) is 3. The van der Waals surface area contributed by atoms with Crippen molar-refractivity contribution in [2.45, 2.75) is 4.90 Å². The molecule has 22 heavy (non-hydrogen) atoms. The van der Waals surface area contributed by atoms with E-state index in [0.717, 1.165) is 5.56 Å². The lowest BCUT2D eigenvalue weighted by molar-refractivity contribution is 0.597. The molecule has 112 valence electrons. The van der Waals surface area contributed by atoms with E-state index in [1.165, 1.54) is 28.9 Å². The maximum atomic E-state index is 12.9. The van der Waals surface area contributed by atoms with Gasteiger partial charge in [-0.25, -0.2) is 22.6 Å². The van der Waals surface area contributed by atoms with Crippen molar-refractivity contribution in [3.05, 3.63) is 60.5 Å². The molecule has 0 spiro atoms. The zero-order chi connectivity index (χ0) is 15.7. The third-order valence-corrected chi connectivity index (χ3v) is 3.99. The van der Waals surface area contributed by atoms with Crippen LogP contribution in [0.2, 0.25) is 0 Å². The summed E-state index contributed by atoms with van der Waals surface area (Å²) in [5.41, 5.74) is 1.94. The van der Waals surface area contributed by atoms with Gasteiger partial charge in [0.15, 0.2) is 0 Å². The molecule has 1 aromatic heterocycles. The Morgan fingerprint density at radius 2 is 1.64 bits per heavy atom. The Morgan fingerprint density at radius 3 is 2.23 bits per heavy atom. The van der Waals surface area contributed by atoms with Gasteiger partial charge in [-0.2, -0.15) is 0 Å². The summed E-state index contributed by atoms with van der Waals surface area (Å²) in [4.78, 5) is 0.0233. The minimum atomic E-state index is -3.72. The van der Waals surface area contributed by atoms with Gasteiger partial charge in [0.2, 0.25) is 10.0 Å². The highest BCUT2D eigenvalue weighted by Gasteiger charge is 2.09. The average Bonchev–Trinajstić information content (AvgIpc) is 2.97. The minimum Gasteiger partial charge on any atom is -0.225 e. The summed E-state index contributed by atoms with van der Waals surface area (Å²) in [6.07, 6.45) is 1.67. The van der Waals surface area contributed by atoms with Gasteiger partial charge in [-0.15, -0.1) is 5.10 Å². The number of aromatic nitrogens is 3. The van der Waals surface area contributed by atoms with Gasteiger partial charge in [0.25, 0.3) is 0 Å². The van der Waals surface area contributed by atoms with Gasteiger partial charge >= 0.3 is 0 Å². The second kappa shape index (κ2) is 5.32. The zero-order valence-electron chi connectivity index (χ0n) is 11.2. The average molecular weight is 318 g/mol. The lowest BCUT2D eigenvalue weighted by Crippen LogP contribution is -2.12. The summed E-state index contributed by atoms with van der Waals surface area (Å²) in [5.74, 6) is -0.324. The monoisotopic (exact) mass is 318 g/mol. The van der Waals surface area contributed by atoms with E-state index in [0.29, 0.717) is 11.4 Å². The number of hydrogen-bond acceptors (Lipinski definition) is 4. The first-order valence-corrected chi connectivity index (χ1v) is 7.80. The second-order valence-corrected chi connectivity index (χ2v) is 6.16. The molecule has 6 nitrogen and oxygen atoms in total. The molecule has 0 amide bonds. The van der Waals surface area contributed by atoms with Crippen LogP contribution >= 0.6 is 0 Å². The van der Waals surface area contributed by atoms with Crippen molar-refractivity contribution in [3.63, 3.8) is 0 Å². The molecule has 0 saturated heterocycles. The third-order valence-electron chi connectivity index (χ3n) is 3.06. The Labute approximate surface area is 126 Å². The molecule has 8 heteroatoms. The van der Waals surface area contributed by atoms with Crippen LogP contribution in [0.15, 0.2) is 59.6 Å². The number of rotatable bonds is 3. The Kier molecular flexibility index (Phi) is 3.47. The molecule has 0 aliphatic carbocycles. The first kappa shape index (κ1) is 14.4. The Balaban J connectivity index is 1.92. The number of sulfonamides is 1. The molecule has 1 heterocycles. The summed E-state index contributed by atoms with van der Waals surface area (Å²) in [5, 5.41) is 13.0. The number of hydrogen-bond donors (Lipinski definition) is 1. The van der Waals surface area contributed by atoms with Gasteiger partial charge in [-0.1, -0.05) is 5.21 Å². The van der Waals surface area contributed by atoms with Crippen molar-refractivity contribution in [3.8, 4) is 16.9 Å². The second-order valence-electron chi connectivity index (χ2n) is 4.59. The molecule has 2 N–H and O–H groups in total. The van der Waals surface area contributed by atoms with Gasteiger partial charge in [-0.3, -0.25) is 0 Å². The summed E-state index contributed by atoms with van der Waals surface area (Å²) in [6.45, 7) is 0. The van der Waals surface area contributed by atoms with Crippen LogP contribution < -0.4 is 5.14 Å². The number of nitrogens with two attached hydrogens (primary N) is 1. The maximum Gasteiger partial charge on any atom is 0.238 e. The van der Waals surface area contributed by atoms with Gasteiger partial charge in [0.05, 0.1) is 16.8 Å². The number of primary sulfonamides is 1. The fourth-order valence-electron chi connectivity index (χ4n) is 1.93. The quantitative estimate of drug-likeness (QED) is 0.796.